The summed E-state index contributed by atoms with van der Waals surface area (Å²) in [5, 5.41) is 0. The zero-order valence-corrected chi connectivity index (χ0v) is 20.9. The molecule has 0 aromatic carbocycles. The van der Waals surface area contributed by atoms with Crippen LogP contribution >= 0.6 is 7.91 Å². The number of cyclic esters (lactones) is 4. The molecule has 0 N–H and O–H groups in total. The Labute approximate surface area is 201 Å². The monoisotopic (exact) mass is 520 g/mol. The van der Waals surface area contributed by atoms with Crippen molar-refractivity contribution in [2.45, 2.75) is 52.0 Å². The van der Waals surface area contributed by atoms with E-state index in [0.717, 1.165) is 24.7 Å². The summed E-state index contributed by atoms with van der Waals surface area (Å²) in [4.78, 5) is 38.4. The molecule has 2 aliphatic heterocycles. The molecule has 196 valence electrons. The van der Waals surface area contributed by atoms with Crippen LogP contribution in [0.4, 0.5) is 13.8 Å². The number of aryl methyl sites for hydroxylation is 4. The van der Waals surface area contributed by atoms with Gasteiger partial charge in [-0.15, -0.1) is 0 Å². The zero-order chi connectivity index (χ0) is 26.2. The highest BCUT2D eigenvalue weighted by molar-refractivity contribution is 7.42. The van der Waals surface area contributed by atoms with E-state index in [-0.39, 0.29) is 12.2 Å². The minimum atomic E-state index is -5.64. The van der Waals surface area contributed by atoms with Crippen LogP contribution < -0.4 is 18.9 Å². The average Bonchev–Trinajstić information content (AvgIpc) is 3.54. The third-order valence-electron chi connectivity index (χ3n) is 5.22. The third kappa shape index (κ3) is 9.30. The molecule has 0 saturated carbocycles. The van der Waals surface area contributed by atoms with Gasteiger partial charge in [-0.3, -0.25) is 0 Å². The first-order chi connectivity index (χ1) is 16.4. The molecule has 35 heavy (non-hydrogen) atoms. The van der Waals surface area contributed by atoms with Crippen molar-refractivity contribution in [2.24, 2.45) is 14.1 Å². The van der Waals surface area contributed by atoms with Gasteiger partial charge in [0.05, 0.1) is 40.0 Å². The molecule has 13 nitrogen and oxygen atoms in total. The molecule has 0 radical (unpaired) electrons. The Morgan fingerprint density at radius 2 is 1.26 bits per heavy atom. The summed E-state index contributed by atoms with van der Waals surface area (Å²) in [6.07, 6.45) is 8.02. The van der Waals surface area contributed by atoms with Crippen LogP contribution in [0.1, 0.15) is 25.5 Å². The molecule has 2 aliphatic rings. The van der Waals surface area contributed by atoms with Crippen molar-refractivity contribution in [2.75, 3.05) is 13.2 Å². The quantitative estimate of drug-likeness (QED) is 0.282. The van der Waals surface area contributed by atoms with Crippen LogP contribution in [0.5, 0.6) is 0 Å². The topological polar surface area (TPSA) is 152 Å². The van der Waals surface area contributed by atoms with E-state index < -0.39 is 20.2 Å². The fourth-order valence-electron chi connectivity index (χ4n) is 3.55. The molecule has 2 fully saturated rings. The Hall–Kier alpha value is -2.96. The molecule has 2 unspecified atom stereocenters. The SMILES string of the molecule is CCn1cc[n+](C)c1CC1COC(=O)O1.CCn1cc[n+](C)c1CC1COC(=O)O1.O=P([O-])([O-])F. The van der Waals surface area contributed by atoms with Crippen LogP contribution in [-0.4, -0.2) is 46.9 Å². The van der Waals surface area contributed by atoms with E-state index in [1.54, 1.807) is 0 Å². The van der Waals surface area contributed by atoms with Gasteiger partial charge in [-0.2, -0.15) is 0 Å². The summed E-state index contributed by atoms with van der Waals surface area (Å²) in [5.41, 5.74) is 0. The van der Waals surface area contributed by atoms with Gasteiger partial charge in [-0.05, 0) is 13.8 Å². The van der Waals surface area contributed by atoms with Gasteiger partial charge in [0.15, 0.2) is 12.2 Å². The van der Waals surface area contributed by atoms with E-state index in [2.05, 4.69) is 23.0 Å². The second kappa shape index (κ2) is 12.7. The number of ether oxygens (including phenoxy) is 4. The van der Waals surface area contributed by atoms with Gasteiger partial charge in [0, 0.05) is 0 Å². The Kier molecular flexibility index (Phi) is 10.2. The first-order valence-corrected chi connectivity index (χ1v) is 12.3. The van der Waals surface area contributed by atoms with E-state index in [1.165, 1.54) is 0 Å². The Morgan fingerprint density at radius 1 is 0.914 bits per heavy atom. The van der Waals surface area contributed by atoms with Crippen LogP contribution in [0.2, 0.25) is 0 Å². The number of nitrogens with zero attached hydrogens (tertiary/aromatic N) is 4. The fraction of sp³-hybridized carbons (Fsp3) is 0.600. The van der Waals surface area contributed by atoms with E-state index >= 15 is 0 Å². The lowest BCUT2D eigenvalue weighted by Crippen LogP contribution is -2.35. The molecule has 2 saturated heterocycles. The minimum absolute atomic E-state index is 0.149. The van der Waals surface area contributed by atoms with Crippen molar-refractivity contribution < 1.29 is 56.2 Å². The standard InChI is InChI=1S/2C10H15N2O3.FH2O3P/c2*1-3-12-5-4-11(2)9(12)6-8-7-14-10(13)15-8;1-5(2,3)4/h2*4-5,8H,3,6-7H2,1-2H3;(H2,2,3,4)/q2*+1;/p-2. The van der Waals surface area contributed by atoms with E-state index in [9.17, 15) is 13.8 Å². The summed E-state index contributed by atoms with van der Waals surface area (Å²) in [7, 11) is -1.67. The Bertz CT molecular complexity index is 971. The number of aromatic nitrogens is 4. The van der Waals surface area contributed by atoms with Gasteiger partial charge < -0.3 is 33.3 Å². The van der Waals surface area contributed by atoms with Gasteiger partial charge in [0.1, 0.15) is 45.9 Å². The molecule has 2 aromatic heterocycles. The summed E-state index contributed by atoms with van der Waals surface area (Å²) in [6, 6.07) is 0. The highest BCUT2D eigenvalue weighted by atomic mass is 31.2. The molecule has 15 heteroatoms. The van der Waals surface area contributed by atoms with Crippen LogP contribution in [0, 0.1) is 0 Å². The van der Waals surface area contributed by atoms with Crippen LogP contribution in [0.3, 0.4) is 0 Å². The van der Waals surface area contributed by atoms with Gasteiger partial charge in [0.25, 0.3) is 11.6 Å². The molecule has 4 heterocycles. The molecule has 0 spiro atoms. The average molecular weight is 520 g/mol. The van der Waals surface area contributed by atoms with Crippen LogP contribution in [0.25, 0.3) is 0 Å². The predicted molar refractivity (Wildman–Crippen MR) is 111 cm³/mol. The lowest BCUT2D eigenvalue weighted by atomic mass is 10.2. The molecule has 0 amide bonds. The zero-order valence-electron chi connectivity index (χ0n) is 20.0. The van der Waals surface area contributed by atoms with Crippen molar-refractivity contribution in [3.63, 3.8) is 0 Å². The molecule has 2 aromatic rings. The Morgan fingerprint density at radius 3 is 1.51 bits per heavy atom. The molecular weight excluding hydrogens is 490 g/mol. The summed E-state index contributed by atoms with van der Waals surface area (Å²) in [5.74, 6) is 2.28. The number of halogens is 1. The van der Waals surface area contributed by atoms with Crippen LogP contribution in [-0.2, 0) is 63.5 Å². The van der Waals surface area contributed by atoms with Gasteiger partial charge >= 0.3 is 12.3 Å². The van der Waals surface area contributed by atoms with Gasteiger partial charge in [0.2, 0.25) is 0 Å². The summed E-state index contributed by atoms with van der Waals surface area (Å²) >= 11 is 0. The molecule has 0 aliphatic carbocycles. The molecule has 4 rings (SSSR count). The minimum Gasteiger partial charge on any atom is -0.786 e. The maximum Gasteiger partial charge on any atom is 0.508 e. The highest BCUT2D eigenvalue weighted by Gasteiger charge is 2.30. The van der Waals surface area contributed by atoms with E-state index in [4.69, 9.17) is 33.3 Å². The number of carbonyl (C=O) groups excluding carboxylic acids is 2. The number of imidazole rings is 2. The number of rotatable bonds is 6. The van der Waals surface area contributed by atoms with E-state index in [0.29, 0.717) is 26.1 Å². The molecule has 0 bridgehead atoms. The van der Waals surface area contributed by atoms with Crippen LogP contribution in [0.15, 0.2) is 24.8 Å². The molecule has 2 atom stereocenters. The lowest BCUT2D eigenvalue weighted by Gasteiger charge is -2.15. The summed E-state index contributed by atoms with van der Waals surface area (Å²) in [6.45, 7) is 6.71. The fourth-order valence-corrected chi connectivity index (χ4v) is 3.55. The van der Waals surface area contributed by atoms with Crippen molar-refractivity contribution in [3.05, 3.63) is 36.4 Å². The molecular formula is C20H30FN4O9P. The Balaban J connectivity index is 0.000000208. The summed E-state index contributed by atoms with van der Waals surface area (Å²) < 4.78 is 46.4. The third-order valence-corrected chi connectivity index (χ3v) is 5.22. The van der Waals surface area contributed by atoms with Crippen molar-refractivity contribution in [1.82, 2.24) is 9.13 Å². The maximum absolute atomic E-state index is 10.8. The normalized spacial score (nSPS) is 18.9. The van der Waals surface area contributed by atoms with Gasteiger partial charge in [-0.25, -0.2) is 32.1 Å². The smallest absolute Gasteiger partial charge is 0.508 e. The first-order valence-electron chi connectivity index (χ1n) is 10.9. The highest BCUT2D eigenvalue weighted by Crippen LogP contribution is 2.22. The van der Waals surface area contributed by atoms with E-state index in [1.807, 2.05) is 48.0 Å². The largest absolute Gasteiger partial charge is 0.786 e. The second-order valence-electron chi connectivity index (χ2n) is 7.66. The first kappa shape index (κ1) is 28.3. The maximum atomic E-state index is 10.8. The van der Waals surface area contributed by atoms with Gasteiger partial charge in [-0.1, -0.05) is 0 Å². The predicted octanol–water partition coefficient (Wildman–Crippen LogP) is -0.395. The number of hydrogen-bond donors (Lipinski definition) is 0. The van der Waals surface area contributed by atoms with Crippen molar-refractivity contribution in [1.29, 1.82) is 0 Å². The van der Waals surface area contributed by atoms with Crippen molar-refractivity contribution in [3.8, 4) is 0 Å². The number of carbonyl (C=O) groups is 2. The lowest BCUT2D eigenvalue weighted by molar-refractivity contribution is -0.679. The second-order valence-corrected chi connectivity index (χ2v) is 8.52. The van der Waals surface area contributed by atoms with Crippen molar-refractivity contribution >= 4 is 20.2 Å². The number of hydrogen-bond acceptors (Lipinski definition) is 9.